The summed E-state index contributed by atoms with van der Waals surface area (Å²) in [5.74, 6) is -0.448. The third kappa shape index (κ3) is 3.79. The van der Waals surface area contributed by atoms with Crippen LogP contribution in [-0.2, 0) is 15.3 Å². The van der Waals surface area contributed by atoms with E-state index in [4.69, 9.17) is 15.3 Å². The summed E-state index contributed by atoms with van der Waals surface area (Å²) in [6.45, 7) is 0. The van der Waals surface area contributed by atoms with Crippen molar-refractivity contribution in [3.63, 3.8) is 0 Å². The predicted octanol–water partition coefficient (Wildman–Crippen LogP) is 0.711. The second-order valence-electron chi connectivity index (χ2n) is 3.21. The summed E-state index contributed by atoms with van der Waals surface area (Å²) in [4.78, 5) is 21.8. The topological polar surface area (TPSA) is 103 Å². The highest BCUT2D eigenvalue weighted by Gasteiger charge is 2.16. The zero-order valence-electron chi connectivity index (χ0n) is 9.21. The molecule has 1 heterocycles. The molecule has 1 aromatic heterocycles. The van der Waals surface area contributed by atoms with Crippen LogP contribution in [0.2, 0.25) is 0 Å². The maximum atomic E-state index is 11.3. The Kier molecular flexibility index (Phi) is 5.05. The van der Waals surface area contributed by atoms with E-state index in [1.807, 2.05) is 0 Å². The van der Waals surface area contributed by atoms with Gasteiger partial charge in [0.1, 0.15) is 17.4 Å². The van der Waals surface area contributed by atoms with Crippen molar-refractivity contribution in [2.75, 3.05) is 12.9 Å². The minimum Gasteiger partial charge on any atom is -0.480 e. The maximum Gasteiger partial charge on any atom is 0.341 e. The normalized spacial score (nSPS) is 12.1. The lowest BCUT2D eigenvalue weighted by atomic mass is 10.3. The molecular weight excluding hydrogens is 246 g/mol. The lowest BCUT2D eigenvalue weighted by molar-refractivity contribution is -0.137. The van der Waals surface area contributed by atoms with E-state index in [9.17, 15) is 9.59 Å². The van der Waals surface area contributed by atoms with E-state index in [2.05, 4.69) is 4.74 Å². The molecule has 3 N–H and O–H groups in total. The third-order valence-electron chi connectivity index (χ3n) is 2.00. The molecule has 94 valence electrons. The number of methoxy groups -OCH3 is 1. The molecule has 0 bridgehead atoms. The van der Waals surface area contributed by atoms with Crippen LogP contribution in [0.15, 0.2) is 16.7 Å². The summed E-state index contributed by atoms with van der Waals surface area (Å²) >= 11 is 1.28. The van der Waals surface area contributed by atoms with Gasteiger partial charge < -0.3 is 20.0 Å². The SMILES string of the molecule is COC(=O)c1ccoc1CSCC(N)C(=O)O. The van der Waals surface area contributed by atoms with Crippen LogP contribution in [0.5, 0.6) is 0 Å². The molecule has 1 atom stereocenters. The summed E-state index contributed by atoms with van der Waals surface area (Å²) in [6, 6.07) is 0.593. The zero-order valence-corrected chi connectivity index (χ0v) is 10.0. The molecule has 0 aliphatic rings. The van der Waals surface area contributed by atoms with Gasteiger partial charge in [-0.2, -0.15) is 11.8 Å². The van der Waals surface area contributed by atoms with Gasteiger partial charge in [-0.3, -0.25) is 4.79 Å². The molecule has 6 nitrogen and oxygen atoms in total. The molecule has 1 rings (SSSR count). The van der Waals surface area contributed by atoms with Crippen LogP contribution >= 0.6 is 11.8 Å². The minimum atomic E-state index is -1.05. The summed E-state index contributed by atoms with van der Waals surface area (Å²) in [5, 5.41) is 8.58. The Bertz CT molecular complexity index is 403. The van der Waals surface area contributed by atoms with Gasteiger partial charge in [0.05, 0.1) is 19.1 Å². The average Bonchev–Trinajstić information content (AvgIpc) is 2.76. The Morgan fingerprint density at radius 2 is 2.35 bits per heavy atom. The van der Waals surface area contributed by atoms with E-state index in [1.165, 1.54) is 31.2 Å². The number of ether oxygens (including phenoxy) is 1. The molecule has 0 saturated carbocycles. The average molecular weight is 259 g/mol. The summed E-state index contributed by atoms with van der Waals surface area (Å²) in [7, 11) is 1.28. The summed E-state index contributed by atoms with van der Waals surface area (Å²) in [6.07, 6.45) is 1.39. The molecule has 17 heavy (non-hydrogen) atoms. The molecule has 0 spiro atoms. The number of rotatable bonds is 6. The fourth-order valence-electron chi connectivity index (χ4n) is 1.09. The molecule has 1 aromatic rings. The Morgan fingerprint density at radius 3 is 2.94 bits per heavy atom. The van der Waals surface area contributed by atoms with Crippen molar-refractivity contribution in [2.24, 2.45) is 5.73 Å². The first-order valence-electron chi connectivity index (χ1n) is 4.77. The van der Waals surface area contributed by atoms with Crippen molar-refractivity contribution in [1.29, 1.82) is 0 Å². The maximum absolute atomic E-state index is 11.3. The van der Waals surface area contributed by atoms with Gasteiger partial charge in [-0.15, -0.1) is 0 Å². The van der Waals surface area contributed by atoms with Gasteiger partial charge in [-0.1, -0.05) is 0 Å². The van der Waals surface area contributed by atoms with E-state index >= 15 is 0 Å². The number of aliphatic carboxylic acids is 1. The van der Waals surface area contributed by atoms with Gasteiger partial charge in [0.25, 0.3) is 0 Å². The number of nitrogens with two attached hydrogens (primary N) is 1. The van der Waals surface area contributed by atoms with Crippen LogP contribution < -0.4 is 5.73 Å². The quantitative estimate of drug-likeness (QED) is 0.725. The number of furan rings is 1. The van der Waals surface area contributed by atoms with E-state index in [-0.39, 0.29) is 5.75 Å². The van der Waals surface area contributed by atoms with E-state index in [1.54, 1.807) is 0 Å². The second-order valence-corrected chi connectivity index (χ2v) is 4.24. The van der Waals surface area contributed by atoms with Gasteiger partial charge in [0, 0.05) is 5.75 Å². The number of hydrogen-bond acceptors (Lipinski definition) is 6. The first-order chi connectivity index (χ1) is 8.06. The van der Waals surface area contributed by atoms with Crippen LogP contribution in [0.3, 0.4) is 0 Å². The van der Waals surface area contributed by atoms with Crippen molar-refractivity contribution in [3.05, 3.63) is 23.7 Å². The Hall–Kier alpha value is -1.47. The summed E-state index contributed by atoms with van der Waals surface area (Å²) < 4.78 is 9.69. The minimum absolute atomic E-state index is 0.247. The molecular formula is C10H13NO5S. The zero-order chi connectivity index (χ0) is 12.8. The van der Waals surface area contributed by atoms with Crippen molar-refractivity contribution < 1.29 is 23.8 Å². The van der Waals surface area contributed by atoms with Crippen molar-refractivity contribution >= 4 is 23.7 Å². The Labute approximate surface area is 102 Å². The molecule has 0 fully saturated rings. The van der Waals surface area contributed by atoms with Crippen LogP contribution in [0.4, 0.5) is 0 Å². The highest BCUT2D eigenvalue weighted by molar-refractivity contribution is 7.98. The van der Waals surface area contributed by atoms with Crippen LogP contribution in [0, 0.1) is 0 Å². The van der Waals surface area contributed by atoms with Gasteiger partial charge in [-0.05, 0) is 6.07 Å². The molecule has 1 unspecified atom stereocenters. The van der Waals surface area contributed by atoms with Crippen LogP contribution in [-0.4, -0.2) is 35.9 Å². The monoisotopic (exact) mass is 259 g/mol. The largest absolute Gasteiger partial charge is 0.480 e. The van der Waals surface area contributed by atoms with Crippen molar-refractivity contribution in [1.82, 2.24) is 0 Å². The van der Waals surface area contributed by atoms with Gasteiger partial charge in [0.15, 0.2) is 0 Å². The number of hydrogen-bond donors (Lipinski definition) is 2. The number of esters is 1. The Balaban J connectivity index is 2.50. The highest BCUT2D eigenvalue weighted by Crippen LogP contribution is 2.19. The molecule has 0 aromatic carbocycles. The lowest BCUT2D eigenvalue weighted by Crippen LogP contribution is -2.32. The number of carboxylic acids is 1. The first-order valence-corrected chi connectivity index (χ1v) is 5.92. The molecule has 7 heteroatoms. The first kappa shape index (κ1) is 13.6. The second kappa shape index (κ2) is 6.31. The molecule has 0 amide bonds. The van der Waals surface area contributed by atoms with E-state index < -0.39 is 18.0 Å². The third-order valence-corrected chi connectivity index (χ3v) is 3.06. The van der Waals surface area contributed by atoms with Crippen molar-refractivity contribution in [2.45, 2.75) is 11.8 Å². The molecule has 0 saturated heterocycles. The number of carbonyl (C=O) groups excluding carboxylic acids is 1. The number of carbonyl (C=O) groups is 2. The molecule has 0 aliphatic carbocycles. The molecule has 0 radical (unpaired) electrons. The number of thioether (sulfide) groups is 1. The van der Waals surface area contributed by atoms with Gasteiger partial charge in [-0.25, -0.2) is 4.79 Å². The lowest BCUT2D eigenvalue weighted by Gasteiger charge is -2.05. The van der Waals surface area contributed by atoms with E-state index in [0.29, 0.717) is 17.1 Å². The fourth-order valence-corrected chi connectivity index (χ4v) is 2.02. The molecule has 0 aliphatic heterocycles. The fraction of sp³-hybridized carbons (Fsp3) is 0.400. The van der Waals surface area contributed by atoms with E-state index in [0.717, 1.165) is 0 Å². The Morgan fingerprint density at radius 1 is 1.65 bits per heavy atom. The predicted molar refractivity (Wildman–Crippen MR) is 61.8 cm³/mol. The smallest absolute Gasteiger partial charge is 0.341 e. The standard InChI is InChI=1S/C10H13NO5S/c1-15-10(14)6-2-3-16-8(6)5-17-4-7(11)9(12)13/h2-3,7H,4-5,11H2,1H3,(H,12,13). The number of carboxylic acid groups (broad SMARTS) is 1. The highest BCUT2D eigenvalue weighted by atomic mass is 32.2. The van der Waals surface area contributed by atoms with Crippen molar-refractivity contribution in [3.8, 4) is 0 Å². The van der Waals surface area contributed by atoms with Gasteiger partial charge >= 0.3 is 11.9 Å². The van der Waals surface area contributed by atoms with Crippen LogP contribution in [0.1, 0.15) is 16.1 Å². The van der Waals surface area contributed by atoms with Gasteiger partial charge in [0.2, 0.25) is 0 Å². The van der Waals surface area contributed by atoms with Crippen LogP contribution in [0.25, 0.3) is 0 Å². The summed E-state index contributed by atoms with van der Waals surface area (Å²) in [5.41, 5.74) is 5.69.